The van der Waals surface area contributed by atoms with E-state index in [1.165, 1.54) is 18.4 Å². The van der Waals surface area contributed by atoms with Crippen LogP contribution in [0.25, 0.3) is 0 Å². The van der Waals surface area contributed by atoms with Crippen LogP contribution in [0.5, 0.6) is 0 Å². The number of hydrogen-bond donors (Lipinski definition) is 1. The molecule has 2 aliphatic rings. The van der Waals surface area contributed by atoms with E-state index < -0.39 is 0 Å². The first-order chi connectivity index (χ1) is 13.8. The van der Waals surface area contributed by atoms with Crippen LogP contribution < -0.4 is 10.2 Å². The lowest BCUT2D eigenvalue weighted by Crippen LogP contribution is -2.46. The van der Waals surface area contributed by atoms with E-state index in [0.717, 1.165) is 77.0 Å². The molecular formula is C21H35N5O2. The summed E-state index contributed by atoms with van der Waals surface area (Å²) in [5.74, 6) is 2.07. The maximum Gasteiger partial charge on any atom is 0.193 e. The lowest BCUT2D eigenvalue weighted by Gasteiger charge is -2.34. The van der Waals surface area contributed by atoms with E-state index in [1.807, 2.05) is 13.2 Å². The Morgan fingerprint density at radius 1 is 1.21 bits per heavy atom. The number of aromatic nitrogens is 1. The third kappa shape index (κ3) is 6.07. The normalized spacial score (nSPS) is 18.7. The van der Waals surface area contributed by atoms with Crippen LogP contribution in [0, 0.1) is 0 Å². The second kappa shape index (κ2) is 11.2. The topological polar surface area (TPSA) is 62.2 Å². The molecule has 0 amide bonds. The van der Waals surface area contributed by atoms with Crippen molar-refractivity contribution in [2.24, 2.45) is 4.99 Å². The summed E-state index contributed by atoms with van der Waals surface area (Å²) in [6.45, 7) is 6.51. The molecule has 0 radical (unpaired) electrons. The lowest BCUT2D eigenvalue weighted by molar-refractivity contribution is 0.00989. The van der Waals surface area contributed by atoms with E-state index in [-0.39, 0.29) is 0 Å². The fourth-order valence-electron chi connectivity index (χ4n) is 3.89. The fourth-order valence-corrected chi connectivity index (χ4v) is 3.89. The van der Waals surface area contributed by atoms with E-state index in [9.17, 15) is 0 Å². The minimum atomic E-state index is 0.356. The van der Waals surface area contributed by atoms with Gasteiger partial charge < -0.3 is 24.6 Å². The Hall–Kier alpha value is -1.86. The van der Waals surface area contributed by atoms with E-state index >= 15 is 0 Å². The molecule has 1 aromatic heterocycles. The molecule has 0 aliphatic carbocycles. The van der Waals surface area contributed by atoms with E-state index in [2.05, 4.69) is 37.2 Å². The van der Waals surface area contributed by atoms with Gasteiger partial charge in [0, 0.05) is 66.3 Å². The van der Waals surface area contributed by atoms with Crippen molar-refractivity contribution in [1.82, 2.24) is 15.2 Å². The van der Waals surface area contributed by atoms with E-state index in [4.69, 9.17) is 9.47 Å². The summed E-state index contributed by atoms with van der Waals surface area (Å²) in [7, 11) is 3.59. The zero-order valence-electron chi connectivity index (χ0n) is 17.4. The highest BCUT2D eigenvalue weighted by Gasteiger charge is 2.22. The first-order valence-electron chi connectivity index (χ1n) is 10.6. The van der Waals surface area contributed by atoms with Crippen molar-refractivity contribution < 1.29 is 9.47 Å². The molecule has 156 valence electrons. The molecule has 0 aromatic carbocycles. The van der Waals surface area contributed by atoms with E-state index in [1.54, 1.807) is 7.11 Å². The maximum absolute atomic E-state index is 5.96. The summed E-state index contributed by atoms with van der Waals surface area (Å²) < 4.78 is 11.0. The van der Waals surface area contributed by atoms with Crippen molar-refractivity contribution in [2.75, 3.05) is 58.5 Å². The molecule has 3 rings (SSSR count). The minimum Gasteiger partial charge on any atom is -0.385 e. The van der Waals surface area contributed by atoms with Crippen LogP contribution >= 0.6 is 0 Å². The van der Waals surface area contributed by atoms with Crippen LogP contribution in [0.4, 0.5) is 5.82 Å². The van der Waals surface area contributed by atoms with Gasteiger partial charge in [0.05, 0.1) is 6.10 Å². The molecule has 0 atom stereocenters. The number of anilines is 1. The number of likely N-dealkylation sites (tertiary alicyclic amines) is 1. The van der Waals surface area contributed by atoms with Crippen LogP contribution in [-0.2, 0) is 16.0 Å². The second-order valence-corrected chi connectivity index (χ2v) is 7.52. The SMILES string of the molecule is CN=C(NCc1ccnc(N2CCCC2)c1)N1CCC(OCCCOC)CC1. The quantitative estimate of drug-likeness (QED) is 0.418. The van der Waals surface area contributed by atoms with E-state index in [0.29, 0.717) is 6.10 Å². The largest absolute Gasteiger partial charge is 0.385 e. The Labute approximate surface area is 169 Å². The number of hydrogen-bond acceptors (Lipinski definition) is 5. The summed E-state index contributed by atoms with van der Waals surface area (Å²) in [6.07, 6.45) is 7.86. The van der Waals surface area contributed by atoms with Crippen molar-refractivity contribution >= 4 is 11.8 Å². The Kier molecular flexibility index (Phi) is 8.36. The summed E-state index contributed by atoms with van der Waals surface area (Å²) >= 11 is 0. The second-order valence-electron chi connectivity index (χ2n) is 7.52. The third-order valence-corrected chi connectivity index (χ3v) is 5.49. The average molecular weight is 390 g/mol. The van der Waals surface area contributed by atoms with Crippen molar-refractivity contribution in [3.8, 4) is 0 Å². The van der Waals surface area contributed by atoms with Gasteiger partial charge in [-0.15, -0.1) is 0 Å². The molecule has 0 unspecified atom stereocenters. The predicted molar refractivity (Wildman–Crippen MR) is 113 cm³/mol. The molecular weight excluding hydrogens is 354 g/mol. The van der Waals surface area contributed by atoms with Crippen molar-refractivity contribution in [2.45, 2.75) is 44.8 Å². The number of ether oxygens (including phenoxy) is 2. The third-order valence-electron chi connectivity index (χ3n) is 5.49. The van der Waals surface area contributed by atoms with Gasteiger partial charge in [-0.3, -0.25) is 4.99 Å². The first kappa shape index (κ1) is 20.9. The first-order valence-corrected chi connectivity index (χ1v) is 10.6. The number of nitrogens with zero attached hydrogens (tertiary/aromatic N) is 4. The van der Waals surface area contributed by atoms with Gasteiger partial charge in [0.25, 0.3) is 0 Å². The molecule has 0 spiro atoms. The van der Waals surface area contributed by atoms with Gasteiger partial charge in [-0.1, -0.05) is 0 Å². The van der Waals surface area contributed by atoms with Crippen molar-refractivity contribution in [1.29, 1.82) is 0 Å². The number of rotatable bonds is 8. The zero-order valence-corrected chi connectivity index (χ0v) is 17.4. The van der Waals surface area contributed by atoms with Crippen molar-refractivity contribution in [3.05, 3.63) is 23.9 Å². The molecule has 2 saturated heterocycles. The van der Waals surface area contributed by atoms with Gasteiger partial charge in [0.15, 0.2) is 5.96 Å². The average Bonchev–Trinajstić information content (AvgIpc) is 3.28. The molecule has 2 aliphatic heterocycles. The Balaban J connectivity index is 1.43. The predicted octanol–water partition coefficient (Wildman–Crippen LogP) is 2.27. The molecule has 3 heterocycles. The monoisotopic (exact) mass is 389 g/mol. The van der Waals surface area contributed by atoms with Crippen LogP contribution in [0.1, 0.15) is 37.7 Å². The van der Waals surface area contributed by atoms with Crippen LogP contribution in [0.3, 0.4) is 0 Å². The summed E-state index contributed by atoms with van der Waals surface area (Å²) in [5.41, 5.74) is 1.24. The zero-order chi connectivity index (χ0) is 19.6. The van der Waals surface area contributed by atoms with Crippen LogP contribution in [-0.4, -0.2) is 75.5 Å². The van der Waals surface area contributed by atoms with Crippen molar-refractivity contribution in [3.63, 3.8) is 0 Å². The summed E-state index contributed by atoms with van der Waals surface area (Å²) in [5, 5.41) is 3.52. The standard InChI is InChI=1S/C21H35N5O2/c1-22-21(26-12-7-19(8-13-26)28-15-5-14-27-2)24-17-18-6-9-23-20(16-18)25-10-3-4-11-25/h6,9,16,19H,3-5,7-8,10-15,17H2,1-2H3,(H,22,24). The maximum atomic E-state index is 5.96. The summed E-state index contributed by atoms with van der Waals surface area (Å²) in [4.78, 5) is 13.7. The molecule has 7 nitrogen and oxygen atoms in total. The number of nitrogens with one attached hydrogen (secondary N) is 1. The number of guanidine groups is 1. The van der Waals surface area contributed by atoms with Gasteiger partial charge >= 0.3 is 0 Å². The highest BCUT2D eigenvalue weighted by Crippen LogP contribution is 2.19. The molecule has 1 aromatic rings. The highest BCUT2D eigenvalue weighted by atomic mass is 16.5. The molecule has 28 heavy (non-hydrogen) atoms. The molecule has 2 fully saturated rings. The summed E-state index contributed by atoms with van der Waals surface area (Å²) in [6, 6.07) is 4.28. The van der Waals surface area contributed by atoms with Crippen LogP contribution in [0.15, 0.2) is 23.3 Å². The lowest BCUT2D eigenvalue weighted by atomic mass is 10.1. The number of piperidine rings is 1. The highest BCUT2D eigenvalue weighted by molar-refractivity contribution is 5.80. The Morgan fingerprint density at radius 2 is 2.00 bits per heavy atom. The van der Waals surface area contributed by atoms with Gasteiger partial charge in [0.2, 0.25) is 0 Å². The van der Waals surface area contributed by atoms with Gasteiger partial charge in [-0.2, -0.15) is 0 Å². The minimum absolute atomic E-state index is 0.356. The number of aliphatic imine (C=N–C) groups is 1. The Morgan fingerprint density at radius 3 is 2.71 bits per heavy atom. The smallest absolute Gasteiger partial charge is 0.193 e. The van der Waals surface area contributed by atoms with Gasteiger partial charge in [-0.25, -0.2) is 4.98 Å². The molecule has 0 saturated carbocycles. The number of pyridine rings is 1. The van der Waals surface area contributed by atoms with Crippen LogP contribution in [0.2, 0.25) is 0 Å². The fraction of sp³-hybridized carbons (Fsp3) is 0.714. The number of methoxy groups -OCH3 is 1. The molecule has 1 N–H and O–H groups in total. The molecule has 0 bridgehead atoms. The molecule has 7 heteroatoms. The van der Waals surface area contributed by atoms with Gasteiger partial charge in [-0.05, 0) is 49.8 Å². The van der Waals surface area contributed by atoms with Gasteiger partial charge in [0.1, 0.15) is 5.82 Å². The Bertz CT molecular complexity index is 611.